The second kappa shape index (κ2) is 9.76. The van der Waals surface area contributed by atoms with Crippen molar-refractivity contribution in [1.29, 1.82) is 0 Å². The third kappa shape index (κ3) is 4.47. The van der Waals surface area contributed by atoms with Gasteiger partial charge in [-0.1, -0.05) is 48.5 Å². The number of thioether (sulfide) groups is 1. The van der Waals surface area contributed by atoms with Gasteiger partial charge < -0.3 is 10.5 Å². The molecule has 0 unspecified atom stereocenters. The van der Waals surface area contributed by atoms with Crippen LogP contribution in [0.4, 0.5) is 0 Å². The third-order valence-corrected chi connectivity index (χ3v) is 4.87. The van der Waals surface area contributed by atoms with Crippen molar-refractivity contribution in [1.82, 2.24) is 0 Å². The first-order valence-electron chi connectivity index (χ1n) is 8.01. The molecule has 0 heterocycles. The normalized spacial score (nSPS) is 12.6. The molecule has 0 amide bonds. The number of halogens is 1. The molecule has 2 aromatic carbocycles. The predicted molar refractivity (Wildman–Crippen MR) is 110 cm³/mol. The number of hydrogen-bond acceptors (Lipinski definition) is 5. The van der Waals surface area contributed by atoms with E-state index in [1.165, 1.54) is 18.9 Å². The van der Waals surface area contributed by atoms with Crippen LogP contribution in [0, 0.1) is 6.92 Å². The minimum atomic E-state index is -1.68. The van der Waals surface area contributed by atoms with Gasteiger partial charge in [0.2, 0.25) is 0 Å². The second-order valence-electron chi connectivity index (χ2n) is 5.90. The number of aryl methyl sites for hydroxylation is 1. The van der Waals surface area contributed by atoms with Gasteiger partial charge in [-0.05, 0) is 42.0 Å². The zero-order valence-electron chi connectivity index (χ0n) is 15.2. The van der Waals surface area contributed by atoms with Crippen molar-refractivity contribution in [3.05, 3.63) is 59.7 Å². The van der Waals surface area contributed by atoms with Gasteiger partial charge in [0.1, 0.15) is 0 Å². The minimum Gasteiger partial charge on any atom is -0.467 e. The maximum atomic E-state index is 13.2. The van der Waals surface area contributed by atoms with Crippen LogP contribution in [0.25, 0.3) is 11.1 Å². The first-order chi connectivity index (χ1) is 12.0. The van der Waals surface area contributed by atoms with E-state index in [-0.39, 0.29) is 18.8 Å². The number of ketones is 1. The average Bonchev–Trinajstić information content (AvgIpc) is 2.65. The number of nitrogens with two attached hydrogens (primary N) is 1. The van der Waals surface area contributed by atoms with Crippen LogP contribution >= 0.6 is 24.2 Å². The highest BCUT2D eigenvalue weighted by Crippen LogP contribution is 2.30. The first-order valence-corrected chi connectivity index (χ1v) is 9.41. The summed E-state index contributed by atoms with van der Waals surface area (Å²) in [6, 6.07) is 15.1. The van der Waals surface area contributed by atoms with Crippen molar-refractivity contribution < 1.29 is 14.3 Å². The standard InChI is InChI=1S/C20H23NO3S.ClH/c1-14-8-4-5-9-15(14)16-10-6-7-11-17(16)18(22)20(21,12-13-25-3)19(23)24-2;/h4-11H,12-13,21H2,1-3H3;1H/t20-;/m1./s1. The fraction of sp³-hybridized carbons (Fsp3) is 0.300. The van der Waals surface area contributed by atoms with Crippen LogP contribution in [0.1, 0.15) is 22.3 Å². The van der Waals surface area contributed by atoms with E-state index >= 15 is 0 Å². The molecule has 0 spiro atoms. The number of benzene rings is 2. The molecule has 0 aliphatic heterocycles. The van der Waals surface area contributed by atoms with E-state index in [0.29, 0.717) is 11.3 Å². The zero-order valence-corrected chi connectivity index (χ0v) is 16.8. The molecule has 0 bridgehead atoms. The van der Waals surface area contributed by atoms with E-state index in [0.717, 1.165) is 16.7 Å². The molecule has 0 saturated carbocycles. The topological polar surface area (TPSA) is 69.4 Å². The maximum absolute atomic E-state index is 13.2. The van der Waals surface area contributed by atoms with Gasteiger partial charge in [0.05, 0.1) is 7.11 Å². The Labute approximate surface area is 164 Å². The molecule has 26 heavy (non-hydrogen) atoms. The molecule has 2 aromatic rings. The lowest BCUT2D eigenvalue weighted by atomic mass is 9.83. The Hall–Kier alpha value is -1.82. The molecule has 1 atom stereocenters. The Morgan fingerprint density at radius 3 is 2.23 bits per heavy atom. The summed E-state index contributed by atoms with van der Waals surface area (Å²) in [4.78, 5) is 25.5. The van der Waals surface area contributed by atoms with Crippen LogP contribution in [-0.2, 0) is 9.53 Å². The number of carbonyl (C=O) groups is 2. The smallest absolute Gasteiger partial charge is 0.334 e. The van der Waals surface area contributed by atoms with Crippen LogP contribution in [0.15, 0.2) is 48.5 Å². The van der Waals surface area contributed by atoms with Crippen LogP contribution < -0.4 is 5.73 Å². The Balaban J connectivity index is 0.00000338. The predicted octanol–water partition coefficient (Wildman–Crippen LogP) is 3.89. The third-order valence-electron chi connectivity index (χ3n) is 4.26. The molecule has 140 valence electrons. The highest BCUT2D eigenvalue weighted by atomic mass is 35.5. The Bertz CT molecular complexity index is 781. The SMILES string of the molecule is COC(=O)[C@@](N)(CCSC)C(=O)c1ccccc1-c1ccccc1C.Cl. The summed E-state index contributed by atoms with van der Waals surface area (Å²) in [5.74, 6) is -0.525. The summed E-state index contributed by atoms with van der Waals surface area (Å²) < 4.78 is 4.83. The Morgan fingerprint density at radius 2 is 1.65 bits per heavy atom. The number of rotatable bonds is 7. The van der Waals surface area contributed by atoms with Crippen molar-refractivity contribution in [2.45, 2.75) is 18.9 Å². The van der Waals surface area contributed by atoms with Gasteiger partial charge in [0, 0.05) is 5.56 Å². The summed E-state index contributed by atoms with van der Waals surface area (Å²) in [5.41, 5.74) is 7.78. The molecule has 0 saturated heterocycles. The number of ether oxygens (including phenoxy) is 1. The van der Waals surface area contributed by atoms with E-state index in [4.69, 9.17) is 10.5 Å². The van der Waals surface area contributed by atoms with Crippen molar-refractivity contribution in [3.8, 4) is 11.1 Å². The zero-order chi connectivity index (χ0) is 18.4. The first kappa shape index (κ1) is 22.2. The van der Waals surface area contributed by atoms with Gasteiger partial charge in [-0.3, -0.25) is 4.79 Å². The number of methoxy groups -OCH3 is 1. The highest BCUT2D eigenvalue weighted by molar-refractivity contribution is 7.98. The molecule has 2 N–H and O–H groups in total. The molecule has 0 aromatic heterocycles. The molecule has 6 heteroatoms. The molecule has 4 nitrogen and oxygen atoms in total. The van der Waals surface area contributed by atoms with Crippen molar-refractivity contribution in [2.75, 3.05) is 19.1 Å². The molecule has 0 fully saturated rings. The van der Waals surface area contributed by atoms with Gasteiger partial charge in [-0.25, -0.2) is 4.79 Å². The van der Waals surface area contributed by atoms with Crippen molar-refractivity contribution in [2.24, 2.45) is 5.73 Å². The molecule has 0 aliphatic carbocycles. The molecule has 0 aliphatic rings. The van der Waals surface area contributed by atoms with Crippen LogP contribution in [0.3, 0.4) is 0 Å². The van der Waals surface area contributed by atoms with E-state index in [2.05, 4.69) is 0 Å². The van der Waals surface area contributed by atoms with E-state index in [9.17, 15) is 9.59 Å². The maximum Gasteiger partial charge on any atom is 0.334 e. The molecular formula is C20H24ClNO3S. The highest BCUT2D eigenvalue weighted by Gasteiger charge is 2.43. The van der Waals surface area contributed by atoms with Crippen molar-refractivity contribution in [3.63, 3.8) is 0 Å². The van der Waals surface area contributed by atoms with E-state index in [1.54, 1.807) is 12.1 Å². The lowest BCUT2D eigenvalue weighted by Crippen LogP contribution is -2.56. The van der Waals surface area contributed by atoms with Gasteiger partial charge in [-0.2, -0.15) is 11.8 Å². The van der Waals surface area contributed by atoms with E-state index in [1.807, 2.05) is 49.6 Å². The quantitative estimate of drug-likeness (QED) is 0.439. The summed E-state index contributed by atoms with van der Waals surface area (Å²) >= 11 is 1.53. The summed E-state index contributed by atoms with van der Waals surface area (Å²) in [6.45, 7) is 1.99. The lowest BCUT2D eigenvalue weighted by Gasteiger charge is -2.26. The largest absolute Gasteiger partial charge is 0.467 e. The second-order valence-corrected chi connectivity index (χ2v) is 6.88. The van der Waals surface area contributed by atoms with Crippen LogP contribution in [-0.4, -0.2) is 36.4 Å². The van der Waals surface area contributed by atoms with Crippen LogP contribution in [0.5, 0.6) is 0 Å². The molecule has 0 radical (unpaired) electrons. The van der Waals surface area contributed by atoms with Gasteiger partial charge in [-0.15, -0.1) is 12.4 Å². The van der Waals surface area contributed by atoms with Gasteiger partial charge in [0.15, 0.2) is 11.3 Å². The summed E-state index contributed by atoms with van der Waals surface area (Å²) in [5, 5.41) is 0. The number of carbonyl (C=O) groups excluding carboxylic acids is 2. The molecule has 2 rings (SSSR count). The molecular weight excluding hydrogens is 370 g/mol. The fourth-order valence-corrected chi connectivity index (χ4v) is 3.31. The summed E-state index contributed by atoms with van der Waals surface area (Å²) in [6.07, 6.45) is 2.13. The lowest BCUT2D eigenvalue weighted by molar-refractivity contribution is -0.145. The average molecular weight is 394 g/mol. The van der Waals surface area contributed by atoms with Gasteiger partial charge >= 0.3 is 5.97 Å². The van der Waals surface area contributed by atoms with Crippen molar-refractivity contribution >= 4 is 35.9 Å². The minimum absolute atomic E-state index is 0. The fourth-order valence-electron chi connectivity index (χ4n) is 2.78. The Morgan fingerprint density at radius 1 is 1.08 bits per heavy atom. The van der Waals surface area contributed by atoms with Gasteiger partial charge in [0.25, 0.3) is 0 Å². The monoisotopic (exact) mass is 393 g/mol. The Kier molecular flexibility index (Phi) is 8.34. The van der Waals surface area contributed by atoms with E-state index < -0.39 is 17.3 Å². The van der Waals surface area contributed by atoms with Crippen LogP contribution in [0.2, 0.25) is 0 Å². The number of esters is 1. The number of Topliss-reactive ketones (excluding diaryl/α,β-unsaturated/α-hetero) is 1. The summed E-state index contributed by atoms with van der Waals surface area (Å²) in [7, 11) is 1.25. The number of hydrogen-bond donors (Lipinski definition) is 1.